The molecule has 6 heteroatoms. The number of hydrogen-bond donors (Lipinski definition) is 1. The SMILES string of the molecule is COc1cc(C(O)C(Cl)(Cl)Cl)ccc1Cl. The lowest BCUT2D eigenvalue weighted by molar-refractivity contribution is 0.182. The van der Waals surface area contributed by atoms with Gasteiger partial charge in [0.1, 0.15) is 11.9 Å². The molecule has 1 aromatic carbocycles. The Morgan fingerprint density at radius 2 is 1.93 bits per heavy atom. The van der Waals surface area contributed by atoms with Crippen molar-refractivity contribution >= 4 is 46.4 Å². The van der Waals surface area contributed by atoms with E-state index in [1.165, 1.54) is 13.2 Å². The van der Waals surface area contributed by atoms with Crippen LogP contribution in [0.2, 0.25) is 5.02 Å². The van der Waals surface area contributed by atoms with Gasteiger partial charge in [0.2, 0.25) is 3.79 Å². The molecule has 84 valence electrons. The van der Waals surface area contributed by atoms with Gasteiger partial charge in [0.05, 0.1) is 12.1 Å². The molecule has 2 nitrogen and oxygen atoms in total. The molecule has 0 saturated heterocycles. The lowest BCUT2D eigenvalue weighted by Gasteiger charge is -2.19. The molecule has 0 fully saturated rings. The zero-order valence-corrected chi connectivity index (χ0v) is 10.7. The standard InChI is InChI=1S/C9H8Cl4O2/c1-15-7-4-5(2-3-6(7)10)8(14)9(11,12)13/h2-4,8,14H,1H3. The highest BCUT2D eigenvalue weighted by atomic mass is 35.6. The Labute approximate surface area is 108 Å². The first-order valence-corrected chi connectivity index (χ1v) is 5.45. The molecule has 0 aliphatic heterocycles. The smallest absolute Gasteiger partial charge is 0.220 e. The Bertz CT molecular complexity index is 348. The zero-order chi connectivity index (χ0) is 11.6. The zero-order valence-electron chi connectivity index (χ0n) is 7.68. The summed E-state index contributed by atoms with van der Waals surface area (Å²) in [4.78, 5) is 0. The van der Waals surface area contributed by atoms with E-state index in [-0.39, 0.29) is 0 Å². The van der Waals surface area contributed by atoms with Crippen molar-refractivity contribution in [2.24, 2.45) is 0 Å². The molecule has 0 heterocycles. The molecule has 0 bridgehead atoms. The van der Waals surface area contributed by atoms with Crippen molar-refractivity contribution in [2.45, 2.75) is 9.90 Å². The lowest BCUT2D eigenvalue weighted by Crippen LogP contribution is -2.16. The number of hydrogen-bond acceptors (Lipinski definition) is 2. The van der Waals surface area contributed by atoms with Gasteiger partial charge < -0.3 is 9.84 Å². The molecule has 15 heavy (non-hydrogen) atoms. The van der Waals surface area contributed by atoms with Gasteiger partial charge in [-0.05, 0) is 17.7 Å². The first-order valence-electron chi connectivity index (χ1n) is 3.94. The van der Waals surface area contributed by atoms with Crippen LogP contribution in [0.1, 0.15) is 11.7 Å². The Hall–Kier alpha value is 0.140. The van der Waals surface area contributed by atoms with E-state index in [1.807, 2.05) is 0 Å². The fourth-order valence-corrected chi connectivity index (χ4v) is 1.61. The van der Waals surface area contributed by atoms with Gasteiger partial charge in [-0.3, -0.25) is 0 Å². The summed E-state index contributed by atoms with van der Waals surface area (Å²) < 4.78 is 3.20. The van der Waals surface area contributed by atoms with Crippen molar-refractivity contribution in [1.29, 1.82) is 0 Å². The fourth-order valence-electron chi connectivity index (χ4n) is 1.04. The van der Waals surface area contributed by atoms with Crippen LogP contribution in [0.4, 0.5) is 0 Å². The summed E-state index contributed by atoms with van der Waals surface area (Å²) in [5.41, 5.74) is 0.427. The Morgan fingerprint density at radius 1 is 1.33 bits per heavy atom. The molecule has 1 N–H and O–H groups in total. The molecular weight excluding hydrogens is 282 g/mol. The van der Waals surface area contributed by atoms with E-state index in [9.17, 15) is 5.11 Å². The van der Waals surface area contributed by atoms with Crippen molar-refractivity contribution < 1.29 is 9.84 Å². The average Bonchev–Trinajstić information content (AvgIpc) is 2.16. The van der Waals surface area contributed by atoms with E-state index in [4.69, 9.17) is 51.1 Å². The van der Waals surface area contributed by atoms with Crippen LogP contribution in [0.25, 0.3) is 0 Å². The third kappa shape index (κ3) is 3.30. The molecule has 0 amide bonds. The number of benzene rings is 1. The molecule has 1 atom stereocenters. The third-order valence-corrected chi connectivity index (χ3v) is 2.73. The van der Waals surface area contributed by atoms with Crippen molar-refractivity contribution in [1.82, 2.24) is 0 Å². The summed E-state index contributed by atoms with van der Waals surface area (Å²) >= 11 is 22.5. The summed E-state index contributed by atoms with van der Waals surface area (Å²) in [5.74, 6) is 0.419. The fraction of sp³-hybridized carbons (Fsp3) is 0.333. The second kappa shape index (κ2) is 4.98. The number of methoxy groups -OCH3 is 1. The molecule has 0 aliphatic rings. The number of aliphatic hydroxyl groups is 1. The quantitative estimate of drug-likeness (QED) is 0.840. The van der Waals surface area contributed by atoms with Crippen molar-refractivity contribution in [3.05, 3.63) is 28.8 Å². The second-order valence-electron chi connectivity index (χ2n) is 2.84. The van der Waals surface area contributed by atoms with Crippen molar-refractivity contribution in [3.8, 4) is 5.75 Å². The summed E-state index contributed by atoms with van der Waals surface area (Å²) in [6.45, 7) is 0. The number of ether oxygens (including phenoxy) is 1. The first kappa shape index (κ1) is 13.2. The molecular formula is C9H8Cl4O2. The summed E-state index contributed by atoms with van der Waals surface area (Å²) in [7, 11) is 1.46. The highest BCUT2D eigenvalue weighted by Gasteiger charge is 2.32. The number of alkyl halides is 3. The van der Waals surface area contributed by atoms with Crippen LogP contribution in [-0.2, 0) is 0 Å². The predicted octanol–water partition coefficient (Wildman–Crippen LogP) is 3.75. The van der Waals surface area contributed by atoms with Crippen LogP contribution in [0.5, 0.6) is 5.75 Å². The summed E-state index contributed by atoms with van der Waals surface area (Å²) in [6.07, 6.45) is -1.23. The Balaban J connectivity index is 3.06. The van der Waals surface area contributed by atoms with Gasteiger partial charge in [0.15, 0.2) is 0 Å². The van der Waals surface area contributed by atoms with E-state index in [0.29, 0.717) is 16.3 Å². The van der Waals surface area contributed by atoms with Gasteiger partial charge >= 0.3 is 0 Å². The summed E-state index contributed by atoms with van der Waals surface area (Å²) in [5, 5.41) is 10.1. The van der Waals surface area contributed by atoms with Gasteiger partial charge in [-0.25, -0.2) is 0 Å². The maximum Gasteiger partial charge on any atom is 0.220 e. The molecule has 0 aliphatic carbocycles. The Morgan fingerprint density at radius 3 is 2.40 bits per heavy atom. The maximum absolute atomic E-state index is 9.67. The topological polar surface area (TPSA) is 29.5 Å². The van der Waals surface area contributed by atoms with Gasteiger partial charge in [-0.15, -0.1) is 0 Å². The van der Waals surface area contributed by atoms with Crippen LogP contribution in [0.15, 0.2) is 18.2 Å². The molecule has 0 aromatic heterocycles. The van der Waals surface area contributed by atoms with E-state index in [0.717, 1.165) is 0 Å². The largest absolute Gasteiger partial charge is 0.495 e. The molecule has 0 spiro atoms. The Kier molecular flexibility index (Phi) is 4.38. The minimum absolute atomic E-state index is 0.419. The molecule has 1 unspecified atom stereocenters. The van der Waals surface area contributed by atoms with Gasteiger partial charge in [0, 0.05) is 0 Å². The first-order chi connectivity index (χ1) is 6.86. The van der Waals surface area contributed by atoms with Gasteiger partial charge in [0.25, 0.3) is 0 Å². The highest BCUT2D eigenvalue weighted by molar-refractivity contribution is 6.68. The normalized spacial score (nSPS) is 13.7. The lowest BCUT2D eigenvalue weighted by atomic mass is 10.1. The van der Waals surface area contributed by atoms with E-state index in [1.54, 1.807) is 12.1 Å². The third-order valence-electron chi connectivity index (χ3n) is 1.80. The predicted molar refractivity (Wildman–Crippen MR) is 63.3 cm³/mol. The number of rotatable bonds is 2. The molecule has 0 radical (unpaired) electrons. The van der Waals surface area contributed by atoms with Crippen LogP contribution >= 0.6 is 46.4 Å². The van der Waals surface area contributed by atoms with Gasteiger partial charge in [-0.1, -0.05) is 52.5 Å². The minimum atomic E-state index is -1.78. The molecule has 1 rings (SSSR count). The highest BCUT2D eigenvalue weighted by Crippen LogP contribution is 2.41. The minimum Gasteiger partial charge on any atom is -0.495 e. The van der Waals surface area contributed by atoms with Crippen LogP contribution < -0.4 is 4.74 Å². The second-order valence-corrected chi connectivity index (χ2v) is 5.61. The van der Waals surface area contributed by atoms with Crippen LogP contribution in [0, 0.1) is 0 Å². The monoisotopic (exact) mass is 288 g/mol. The number of aliphatic hydroxyl groups excluding tert-OH is 1. The van der Waals surface area contributed by atoms with E-state index >= 15 is 0 Å². The maximum atomic E-state index is 9.67. The van der Waals surface area contributed by atoms with E-state index < -0.39 is 9.90 Å². The van der Waals surface area contributed by atoms with Crippen LogP contribution in [-0.4, -0.2) is 16.0 Å². The summed E-state index contributed by atoms with van der Waals surface area (Å²) in [6, 6.07) is 4.65. The van der Waals surface area contributed by atoms with Gasteiger partial charge in [-0.2, -0.15) is 0 Å². The number of halogens is 4. The van der Waals surface area contributed by atoms with Crippen LogP contribution in [0.3, 0.4) is 0 Å². The van der Waals surface area contributed by atoms with E-state index in [2.05, 4.69) is 0 Å². The molecule has 1 aromatic rings. The average molecular weight is 290 g/mol. The van der Waals surface area contributed by atoms with Crippen molar-refractivity contribution in [2.75, 3.05) is 7.11 Å². The van der Waals surface area contributed by atoms with Crippen molar-refractivity contribution in [3.63, 3.8) is 0 Å². The molecule has 0 saturated carbocycles.